The number of nitrogens with zero attached hydrogens (tertiary/aromatic N) is 3. The van der Waals surface area contributed by atoms with E-state index in [2.05, 4.69) is 28.6 Å². The number of rotatable bonds is 1. The zero-order valence-corrected chi connectivity index (χ0v) is 10.4. The summed E-state index contributed by atoms with van der Waals surface area (Å²) < 4.78 is 2.14. The average molecular weight is 233 g/mol. The van der Waals surface area contributed by atoms with Crippen LogP contribution in [-0.2, 0) is 12.8 Å². The lowest BCUT2D eigenvalue weighted by Gasteiger charge is -2.10. The molecule has 0 amide bonds. The highest BCUT2D eigenvalue weighted by molar-refractivity contribution is 7.13. The fourth-order valence-corrected chi connectivity index (χ4v) is 3.22. The molecule has 0 saturated heterocycles. The second-order valence-corrected chi connectivity index (χ2v) is 5.39. The van der Waals surface area contributed by atoms with Crippen LogP contribution < -0.4 is 0 Å². The molecule has 0 saturated carbocycles. The Kier molecular flexibility index (Phi) is 2.32. The second-order valence-electron chi connectivity index (χ2n) is 4.54. The molecule has 0 N–H and O–H groups in total. The molecule has 0 radical (unpaired) electrons. The molecule has 0 spiro atoms. The molecular formula is C12H15N3S. The number of hydrogen-bond donors (Lipinski definition) is 0. The summed E-state index contributed by atoms with van der Waals surface area (Å²) in [5.74, 6) is 0. The van der Waals surface area contributed by atoms with E-state index >= 15 is 0 Å². The normalized spacial score (nSPS) is 14.7. The van der Waals surface area contributed by atoms with Crippen LogP contribution in [0, 0.1) is 0 Å². The molecule has 1 aliphatic carbocycles. The highest BCUT2D eigenvalue weighted by Gasteiger charge is 2.22. The molecule has 2 aromatic rings. The van der Waals surface area contributed by atoms with E-state index in [1.54, 1.807) is 11.3 Å². The molecule has 2 heterocycles. The molecule has 0 bridgehead atoms. The van der Waals surface area contributed by atoms with Gasteiger partial charge in [0.05, 0.1) is 28.0 Å². The van der Waals surface area contributed by atoms with Gasteiger partial charge in [-0.2, -0.15) is 5.10 Å². The Bertz CT molecular complexity index is 510. The molecule has 0 atom stereocenters. The molecule has 0 fully saturated rings. The molecule has 0 aliphatic heterocycles. The largest absolute Gasteiger partial charge is 0.261 e. The topological polar surface area (TPSA) is 30.7 Å². The average Bonchev–Trinajstić information content (AvgIpc) is 2.82. The van der Waals surface area contributed by atoms with Gasteiger partial charge in [-0.1, -0.05) is 0 Å². The van der Waals surface area contributed by atoms with E-state index in [1.165, 1.54) is 28.2 Å². The van der Waals surface area contributed by atoms with Gasteiger partial charge in [0.25, 0.3) is 0 Å². The molecule has 0 aromatic carbocycles. The van der Waals surface area contributed by atoms with Crippen LogP contribution in [0.25, 0.3) is 10.6 Å². The lowest BCUT2D eigenvalue weighted by atomic mass is 10.1. The summed E-state index contributed by atoms with van der Waals surface area (Å²) in [5, 5.41) is 4.51. The maximum atomic E-state index is 4.51. The first-order chi connectivity index (χ1) is 7.77. The fourth-order valence-electron chi connectivity index (χ4n) is 2.31. The highest BCUT2D eigenvalue weighted by Crippen LogP contribution is 2.36. The van der Waals surface area contributed by atoms with Crippen LogP contribution in [0.3, 0.4) is 0 Å². The van der Waals surface area contributed by atoms with Crippen molar-refractivity contribution >= 4 is 11.3 Å². The Labute approximate surface area is 99.1 Å². The van der Waals surface area contributed by atoms with Crippen LogP contribution in [0.2, 0.25) is 0 Å². The summed E-state index contributed by atoms with van der Waals surface area (Å²) in [6.45, 7) is 4.36. The van der Waals surface area contributed by atoms with E-state index in [-0.39, 0.29) is 0 Å². The van der Waals surface area contributed by atoms with E-state index in [1.807, 2.05) is 11.7 Å². The van der Waals surface area contributed by atoms with Crippen molar-refractivity contribution in [3.63, 3.8) is 0 Å². The van der Waals surface area contributed by atoms with Gasteiger partial charge in [-0.05, 0) is 38.7 Å². The lowest BCUT2D eigenvalue weighted by molar-refractivity contribution is 0.538. The van der Waals surface area contributed by atoms with Crippen molar-refractivity contribution in [1.82, 2.24) is 14.8 Å². The first kappa shape index (κ1) is 10.0. The van der Waals surface area contributed by atoms with E-state index in [0.29, 0.717) is 6.04 Å². The minimum absolute atomic E-state index is 0.414. The molecule has 84 valence electrons. The monoisotopic (exact) mass is 233 g/mol. The first-order valence-corrected chi connectivity index (χ1v) is 6.64. The Balaban J connectivity index is 2.24. The van der Waals surface area contributed by atoms with Gasteiger partial charge in [0.1, 0.15) is 0 Å². The summed E-state index contributed by atoms with van der Waals surface area (Å²) >= 11 is 1.75. The Morgan fingerprint density at radius 2 is 2.25 bits per heavy atom. The fraction of sp³-hybridized carbons (Fsp3) is 0.500. The zero-order chi connectivity index (χ0) is 11.1. The van der Waals surface area contributed by atoms with Crippen LogP contribution in [0.1, 0.15) is 37.6 Å². The van der Waals surface area contributed by atoms with Gasteiger partial charge < -0.3 is 0 Å². The third-order valence-electron chi connectivity index (χ3n) is 3.08. The van der Waals surface area contributed by atoms with Crippen molar-refractivity contribution in [1.29, 1.82) is 0 Å². The van der Waals surface area contributed by atoms with Gasteiger partial charge >= 0.3 is 0 Å². The SMILES string of the molecule is CC(C)n1ncc2c1-c1scnc1CCC2. The van der Waals surface area contributed by atoms with Crippen LogP contribution in [0.4, 0.5) is 0 Å². The van der Waals surface area contributed by atoms with Gasteiger partial charge in [0.15, 0.2) is 0 Å². The number of aromatic nitrogens is 3. The molecule has 2 aromatic heterocycles. The summed E-state index contributed by atoms with van der Waals surface area (Å²) in [7, 11) is 0. The van der Waals surface area contributed by atoms with Gasteiger partial charge in [-0.3, -0.25) is 4.68 Å². The van der Waals surface area contributed by atoms with E-state index in [9.17, 15) is 0 Å². The predicted molar refractivity (Wildman–Crippen MR) is 65.7 cm³/mol. The predicted octanol–water partition coefficient (Wildman–Crippen LogP) is 3.08. The second kappa shape index (κ2) is 3.70. The molecule has 16 heavy (non-hydrogen) atoms. The van der Waals surface area contributed by atoms with Gasteiger partial charge in [0, 0.05) is 6.04 Å². The van der Waals surface area contributed by atoms with Gasteiger partial charge in [-0.15, -0.1) is 11.3 Å². The van der Waals surface area contributed by atoms with Gasteiger partial charge in [-0.25, -0.2) is 4.98 Å². The van der Waals surface area contributed by atoms with Crippen molar-refractivity contribution in [2.24, 2.45) is 0 Å². The molecular weight excluding hydrogens is 218 g/mol. The van der Waals surface area contributed by atoms with Crippen molar-refractivity contribution < 1.29 is 0 Å². The third-order valence-corrected chi connectivity index (χ3v) is 3.95. The quantitative estimate of drug-likeness (QED) is 0.758. The molecule has 4 heteroatoms. The van der Waals surface area contributed by atoms with Crippen LogP contribution in [-0.4, -0.2) is 14.8 Å². The van der Waals surface area contributed by atoms with Gasteiger partial charge in [0.2, 0.25) is 0 Å². The van der Waals surface area contributed by atoms with Crippen molar-refractivity contribution in [2.45, 2.75) is 39.2 Å². The Hall–Kier alpha value is -1.16. The summed E-state index contributed by atoms with van der Waals surface area (Å²) in [5.41, 5.74) is 5.91. The van der Waals surface area contributed by atoms with Crippen LogP contribution in [0.15, 0.2) is 11.7 Å². The summed E-state index contributed by atoms with van der Waals surface area (Å²) in [4.78, 5) is 5.81. The molecule has 3 rings (SSSR count). The minimum atomic E-state index is 0.414. The van der Waals surface area contributed by atoms with Crippen molar-refractivity contribution in [2.75, 3.05) is 0 Å². The third kappa shape index (κ3) is 1.40. The highest BCUT2D eigenvalue weighted by atomic mass is 32.1. The number of aryl methyl sites for hydroxylation is 2. The van der Waals surface area contributed by atoms with E-state index in [0.717, 1.165) is 12.8 Å². The maximum absolute atomic E-state index is 4.51. The standard InChI is InChI=1S/C12H15N3S/c1-8(2)15-11-9(6-14-15)4-3-5-10-12(11)16-7-13-10/h6-8H,3-5H2,1-2H3. The number of thiazole rings is 1. The molecule has 1 aliphatic rings. The molecule has 3 nitrogen and oxygen atoms in total. The Morgan fingerprint density at radius 1 is 1.38 bits per heavy atom. The summed E-state index contributed by atoms with van der Waals surface area (Å²) in [6, 6.07) is 0.414. The molecule has 0 unspecified atom stereocenters. The van der Waals surface area contributed by atoms with E-state index < -0.39 is 0 Å². The van der Waals surface area contributed by atoms with Crippen LogP contribution in [0.5, 0.6) is 0 Å². The number of fused-ring (bicyclic) bond motifs is 3. The lowest BCUT2D eigenvalue weighted by Crippen LogP contribution is -2.04. The zero-order valence-electron chi connectivity index (χ0n) is 9.60. The first-order valence-electron chi connectivity index (χ1n) is 5.76. The van der Waals surface area contributed by atoms with Crippen LogP contribution >= 0.6 is 11.3 Å². The van der Waals surface area contributed by atoms with Crippen molar-refractivity contribution in [3.05, 3.63) is 23.0 Å². The van der Waals surface area contributed by atoms with E-state index in [4.69, 9.17) is 0 Å². The van der Waals surface area contributed by atoms with Crippen molar-refractivity contribution in [3.8, 4) is 10.6 Å². The Morgan fingerprint density at radius 3 is 3.06 bits per heavy atom. The maximum Gasteiger partial charge on any atom is 0.0836 e. The minimum Gasteiger partial charge on any atom is -0.261 e. The number of hydrogen-bond acceptors (Lipinski definition) is 3. The smallest absolute Gasteiger partial charge is 0.0836 e. The summed E-state index contributed by atoms with van der Waals surface area (Å²) in [6.07, 6.45) is 5.45.